The first-order valence-corrected chi connectivity index (χ1v) is 12.4. The predicted molar refractivity (Wildman–Crippen MR) is 123 cm³/mol. The highest BCUT2D eigenvalue weighted by molar-refractivity contribution is 7.91. The van der Waals surface area contributed by atoms with E-state index in [1.54, 1.807) is 0 Å². The summed E-state index contributed by atoms with van der Waals surface area (Å²) in [6.45, 7) is 2.64. The minimum absolute atomic E-state index is 0.0663. The summed E-state index contributed by atoms with van der Waals surface area (Å²) in [5, 5.41) is 13.7. The van der Waals surface area contributed by atoms with Crippen LogP contribution in [0.15, 0.2) is 53.4 Å². The second kappa shape index (κ2) is 9.80. The lowest BCUT2D eigenvalue weighted by Crippen LogP contribution is -2.47. The molecule has 13 heteroatoms. The molecule has 2 aromatic rings. The van der Waals surface area contributed by atoms with Crippen LogP contribution in [0.25, 0.3) is 11.1 Å². The van der Waals surface area contributed by atoms with Crippen molar-refractivity contribution in [2.24, 2.45) is 0 Å². The SMILES string of the molecule is CC1(C)NC(=O)N(C[C@@H](CCS(=O)(=O)c2ccc(-c3ccc(C(F)(F)F)cc3)cc2)NC(=O)O)C1=O. The number of benzene rings is 2. The third kappa shape index (κ3) is 6.14. The van der Waals surface area contributed by atoms with Gasteiger partial charge >= 0.3 is 18.3 Å². The topological polar surface area (TPSA) is 133 Å². The van der Waals surface area contributed by atoms with Gasteiger partial charge in [0.1, 0.15) is 5.54 Å². The van der Waals surface area contributed by atoms with Crippen LogP contribution >= 0.6 is 0 Å². The molecule has 0 radical (unpaired) electrons. The standard InChI is InChI=1S/C23H24F3N3O6S/c1-22(2)19(30)29(20(31)28-22)13-17(27-21(32)33)11-12-36(34,35)18-9-5-15(6-10-18)14-3-7-16(8-4-14)23(24,25)26/h3-10,17,27H,11-13H2,1-2H3,(H,28,31)(H,32,33)/t17-/m1/s1. The molecule has 194 valence electrons. The third-order valence-electron chi connectivity index (χ3n) is 5.67. The highest BCUT2D eigenvalue weighted by Crippen LogP contribution is 2.31. The predicted octanol–water partition coefficient (Wildman–Crippen LogP) is 3.50. The summed E-state index contributed by atoms with van der Waals surface area (Å²) >= 11 is 0. The van der Waals surface area contributed by atoms with Crippen LogP contribution in [0.2, 0.25) is 0 Å². The van der Waals surface area contributed by atoms with Gasteiger partial charge in [0, 0.05) is 0 Å². The van der Waals surface area contributed by atoms with Gasteiger partial charge in [0.25, 0.3) is 5.91 Å². The zero-order valence-corrected chi connectivity index (χ0v) is 20.1. The van der Waals surface area contributed by atoms with Crippen molar-refractivity contribution in [2.75, 3.05) is 12.3 Å². The summed E-state index contributed by atoms with van der Waals surface area (Å²) in [6.07, 6.45) is -6.12. The molecule has 36 heavy (non-hydrogen) atoms. The number of hydrogen-bond acceptors (Lipinski definition) is 5. The van der Waals surface area contributed by atoms with E-state index < -0.39 is 56.9 Å². The molecule has 2 aromatic carbocycles. The Hall–Kier alpha value is -3.61. The van der Waals surface area contributed by atoms with Gasteiger partial charge in [-0.1, -0.05) is 24.3 Å². The van der Waals surface area contributed by atoms with Gasteiger partial charge in [-0.2, -0.15) is 13.2 Å². The van der Waals surface area contributed by atoms with E-state index in [9.17, 15) is 36.0 Å². The van der Waals surface area contributed by atoms with Gasteiger partial charge in [0.2, 0.25) is 0 Å². The second-order valence-electron chi connectivity index (χ2n) is 8.82. The number of alkyl halides is 3. The molecule has 4 amide bonds. The monoisotopic (exact) mass is 527 g/mol. The van der Waals surface area contributed by atoms with Crippen LogP contribution in [0.1, 0.15) is 25.8 Å². The molecule has 1 aliphatic heterocycles. The van der Waals surface area contributed by atoms with Crippen molar-refractivity contribution >= 4 is 27.9 Å². The third-order valence-corrected chi connectivity index (χ3v) is 7.43. The molecule has 3 N–H and O–H groups in total. The van der Waals surface area contributed by atoms with Crippen molar-refractivity contribution in [3.05, 3.63) is 54.1 Å². The van der Waals surface area contributed by atoms with Crippen LogP contribution in [0.3, 0.4) is 0 Å². The number of imide groups is 1. The smallest absolute Gasteiger partial charge is 0.416 e. The van der Waals surface area contributed by atoms with E-state index in [2.05, 4.69) is 10.6 Å². The molecule has 1 fully saturated rings. The highest BCUT2D eigenvalue weighted by Gasteiger charge is 2.45. The molecule has 9 nitrogen and oxygen atoms in total. The Morgan fingerprint density at radius 3 is 2.03 bits per heavy atom. The summed E-state index contributed by atoms with van der Waals surface area (Å²) in [6, 6.07) is 8.22. The summed E-state index contributed by atoms with van der Waals surface area (Å²) in [5.74, 6) is -1.05. The van der Waals surface area contributed by atoms with Gasteiger partial charge in [-0.05, 0) is 55.7 Å². The Labute approximate surface area is 205 Å². The lowest BCUT2D eigenvalue weighted by molar-refractivity contribution is -0.137. The van der Waals surface area contributed by atoms with Crippen molar-refractivity contribution in [1.82, 2.24) is 15.5 Å². The van der Waals surface area contributed by atoms with Crippen molar-refractivity contribution < 1.29 is 41.1 Å². The first kappa shape index (κ1) is 27.0. The van der Waals surface area contributed by atoms with Gasteiger partial charge in [-0.25, -0.2) is 18.0 Å². The Morgan fingerprint density at radius 1 is 1.06 bits per heavy atom. The van der Waals surface area contributed by atoms with Crippen molar-refractivity contribution in [3.8, 4) is 11.1 Å². The van der Waals surface area contributed by atoms with Gasteiger partial charge in [-0.15, -0.1) is 0 Å². The number of carboxylic acid groups (broad SMARTS) is 1. The van der Waals surface area contributed by atoms with Gasteiger partial charge in [-0.3, -0.25) is 9.69 Å². The maximum absolute atomic E-state index is 12.8. The van der Waals surface area contributed by atoms with Crippen LogP contribution in [0.5, 0.6) is 0 Å². The fraction of sp³-hybridized carbons (Fsp3) is 0.348. The molecule has 1 aliphatic rings. The van der Waals surface area contributed by atoms with Crippen LogP contribution < -0.4 is 10.6 Å². The molecular formula is C23H24F3N3O6S. The van der Waals surface area contributed by atoms with Crippen LogP contribution in [0, 0.1) is 0 Å². The molecule has 1 saturated heterocycles. The average molecular weight is 528 g/mol. The van der Waals surface area contributed by atoms with E-state index >= 15 is 0 Å². The summed E-state index contributed by atoms with van der Waals surface area (Å²) < 4.78 is 63.9. The molecule has 0 aliphatic carbocycles. The maximum Gasteiger partial charge on any atom is 0.416 e. The number of rotatable bonds is 8. The molecule has 1 heterocycles. The minimum Gasteiger partial charge on any atom is -0.465 e. The van der Waals surface area contributed by atoms with Crippen LogP contribution in [-0.4, -0.2) is 60.3 Å². The van der Waals surface area contributed by atoms with Crippen molar-refractivity contribution in [2.45, 2.75) is 42.9 Å². The largest absolute Gasteiger partial charge is 0.465 e. The molecule has 0 saturated carbocycles. The molecule has 3 rings (SSSR count). The Bertz CT molecular complexity index is 1260. The number of nitrogens with one attached hydrogen (secondary N) is 2. The summed E-state index contributed by atoms with van der Waals surface area (Å²) in [4.78, 5) is 36.5. The van der Waals surface area contributed by atoms with Crippen molar-refractivity contribution in [3.63, 3.8) is 0 Å². The number of urea groups is 1. The van der Waals surface area contributed by atoms with Gasteiger partial charge < -0.3 is 15.7 Å². The molecule has 0 unspecified atom stereocenters. The fourth-order valence-electron chi connectivity index (χ4n) is 3.71. The number of nitrogens with zero attached hydrogens (tertiary/aromatic N) is 1. The summed E-state index contributed by atoms with van der Waals surface area (Å²) in [5.41, 5.74) is -0.985. The Morgan fingerprint density at radius 2 is 1.58 bits per heavy atom. The van der Waals surface area contributed by atoms with Crippen molar-refractivity contribution in [1.29, 1.82) is 0 Å². The molecule has 0 aromatic heterocycles. The van der Waals surface area contributed by atoms with Crippen LogP contribution in [0.4, 0.5) is 22.8 Å². The molecule has 0 spiro atoms. The Balaban J connectivity index is 1.70. The zero-order valence-electron chi connectivity index (χ0n) is 19.3. The lowest BCUT2D eigenvalue weighted by atomic mass is 10.0. The molecular weight excluding hydrogens is 503 g/mol. The Kier molecular flexibility index (Phi) is 7.35. The van der Waals surface area contributed by atoms with Gasteiger partial charge in [0.15, 0.2) is 9.84 Å². The average Bonchev–Trinajstić information content (AvgIpc) is 2.98. The number of hydrogen-bond donors (Lipinski definition) is 3. The quantitative estimate of drug-likeness (QED) is 0.450. The number of carbonyl (C=O) groups excluding carboxylic acids is 2. The number of sulfone groups is 1. The molecule has 0 bridgehead atoms. The van der Waals surface area contributed by atoms with E-state index in [0.717, 1.165) is 17.0 Å². The number of amides is 4. The zero-order chi connectivity index (χ0) is 26.9. The minimum atomic E-state index is -4.47. The van der Waals surface area contributed by atoms with Crippen LogP contribution in [-0.2, 0) is 20.8 Å². The van der Waals surface area contributed by atoms with E-state index in [0.29, 0.717) is 11.1 Å². The van der Waals surface area contributed by atoms with E-state index in [1.807, 2.05) is 0 Å². The molecule has 1 atom stereocenters. The highest BCUT2D eigenvalue weighted by atomic mass is 32.2. The second-order valence-corrected chi connectivity index (χ2v) is 10.9. The van der Waals surface area contributed by atoms with E-state index in [4.69, 9.17) is 5.11 Å². The summed E-state index contributed by atoms with van der Waals surface area (Å²) in [7, 11) is -3.89. The number of carbonyl (C=O) groups is 3. The van der Waals surface area contributed by atoms with E-state index in [-0.39, 0.29) is 17.9 Å². The normalized spacial score (nSPS) is 16.5. The fourth-order valence-corrected chi connectivity index (χ4v) is 5.09. The van der Waals surface area contributed by atoms with Gasteiger partial charge in [0.05, 0.1) is 28.8 Å². The van der Waals surface area contributed by atoms with E-state index in [1.165, 1.54) is 50.2 Å². The first-order chi connectivity index (χ1) is 16.6. The lowest BCUT2D eigenvalue weighted by Gasteiger charge is -2.22. The first-order valence-electron chi connectivity index (χ1n) is 10.7. The maximum atomic E-state index is 12.8. The number of halogens is 3.